The molecule has 1 spiro atoms. The number of carbonyl (C=O) groups is 2. The van der Waals surface area contributed by atoms with Crippen molar-refractivity contribution >= 4 is 17.5 Å². The molecule has 2 saturated heterocycles. The second-order valence-electron chi connectivity index (χ2n) is 7.45. The number of pyridine rings is 1. The van der Waals surface area contributed by atoms with E-state index in [0.29, 0.717) is 30.9 Å². The monoisotopic (exact) mass is 383 g/mol. The Hall–Kier alpha value is -2.80. The molecule has 0 radical (unpaired) electrons. The van der Waals surface area contributed by atoms with Crippen molar-refractivity contribution in [3.05, 3.63) is 59.7 Å². The van der Waals surface area contributed by atoms with Gasteiger partial charge in [0.05, 0.1) is 18.7 Å². The van der Waals surface area contributed by atoms with Crippen LogP contribution < -0.4 is 4.90 Å². The van der Waals surface area contributed by atoms with Crippen molar-refractivity contribution in [2.24, 2.45) is 0 Å². The van der Waals surface area contributed by atoms with Crippen LogP contribution in [0, 0.1) is 12.7 Å². The molecule has 2 aromatic rings. The highest BCUT2D eigenvalue weighted by atomic mass is 19.1. The van der Waals surface area contributed by atoms with Crippen LogP contribution in [0.15, 0.2) is 42.7 Å². The summed E-state index contributed by atoms with van der Waals surface area (Å²) in [5.41, 5.74) is 1.32. The average Bonchev–Trinajstić information content (AvgIpc) is 2.70. The predicted molar refractivity (Wildman–Crippen MR) is 102 cm³/mol. The van der Waals surface area contributed by atoms with E-state index in [1.807, 2.05) is 13.0 Å². The van der Waals surface area contributed by atoms with Gasteiger partial charge in [-0.15, -0.1) is 0 Å². The molecule has 2 fully saturated rings. The summed E-state index contributed by atoms with van der Waals surface area (Å²) in [6.45, 7) is 3.12. The van der Waals surface area contributed by atoms with E-state index in [9.17, 15) is 14.0 Å². The minimum Gasteiger partial charge on any atom is -0.361 e. The molecule has 0 saturated carbocycles. The Morgan fingerprint density at radius 1 is 1.29 bits per heavy atom. The molecule has 6 nitrogen and oxygen atoms in total. The molecule has 0 N–H and O–H groups in total. The van der Waals surface area contributed by atoms with E-state index in [1.165, 1.54) is 12.1 Å². The van der Waals surface area contributed by atoms with Gasteiger partial charge in [0.25, 0.3) is 11.8 Å². The van der Waals surface area contributed by atoms with Gasteiger partial charge in [0.2, 0.25) is 0 Å². The lowest BCUT2D eigenvalue weighted by Crippen LogP contribution is -2.62. The van der Waals surface area contributed by atoms with Crippen molar-refractivity contribution in [2.75, 3.05) is 31.1 Å². The fourth-order valence-electron chi connectivity index (χ4n) is 3.97. The number of ether oxygens (including phenoxy) is 1. The first-order valence-corrected chi connectivity index (χ1v) is 9.37. The molecule has 2 amide bonds. The number of nitrogens with zero attached hydrogens (tertiary/aromatic N) is 3. The molecule has 28 heavy (non-hydrogen) atoms. The van der Waals surface area contributed by atoms with E-state index < -0.39 is 11.4 Å². The Morgan fingerprint density at radius 3 is 2.93 bits per heavy atom. The zero-order valence-corrected chi connectivity index (χ0v) is 15.7. The SMILES string of the molecule is Cc1ccncc1C(=O)N1CCCC2(C1)CN(c1cccc(F)c1)C(=O)CO2. The number of benzene rings is 1. The first-order valence-electron chi connectivity index (χ1n) is 9.37. The van der Waals surface area contributed by atoms with Crippen molar-refractivity contribution in [3.63, 3.8) is 0 Å². The minimum absolute atomic E-state index is 0.0789. The van der Waals surface area contributed by atoms with E-state index in [1.54, 1.807) is 34.3 Å². The Balaban J connectivity index is 1.56. The molecule has 7 heteroatoms. The van der Waals surface area contributed by atoms with Crippen molar-refractivity contribution in [3.8, 4) is 0 Å². The number of likely N-dealkylation sites (tertiary alicyclic amines) is 1. The van der Waals surface area contributed by atoms with Gasteiger partial charge in [0, 0.05) is 24.6 Å². The maximum absolute atomic E-state index is 13.6. The molecular weight excluding hydrogens is 361 g/mol. The third-order valence-corrected chi connectivity index (χ3v) is 5.47. The zero-order valence-electron chi connectivity index (χ0n) is 15.7. The number of aryl methyl sites for hydroxylation is 1. The number of hydrogen-bond acceptors (Lipinski definition) is 4. The van der Waals surface area contributed by atoms with E-state index in [0.717, 1.165) is 18.4 Å². The Bertz CT molecular complexity index is 919. The smallest absolute Gasteiger partial charge is 0.255 e. The second kappa shape index (κ2) is 7.31. The van der Waals surface area contributed by atoms with Crippen LogP contribution >= 0.6 is 0 Å². The number of amides is 2. The molecule has 2 aliphatic heterocycles. The summed E-state index contributed by atoms with van der Waals surface area (Å²) in [6.07, 6.45) is 4.76. The van der Waals surface area contributed by atoms with Crippen LogP contribution in [0.5, 0.6) is 0 Å². The molecule has 1 atom stereocenters. The maximum atomic E-state index is 13.6. The number of piperidine rings is 1. The number of halogens is 1. The molecular formula is C21H22FN3O3. The van der Waals surface area contributed by atoms with Crippen molar-refractivity contribution in [1.82, 2.24) is 9.88 Å². The maximum Gasteiger partial charge on any atom is 0.255 e. The van der Waals surface area contributed by atoms with Crippen LogP contribution in [0.25, 0.3) is 0 Å². The van der Waals surface area contributed by atoms with Gasteiger partial charge in [-0.2, -0.15) is 0 Å². The van der Waals surface area contributed by atoms with E-state index >= 15 is 0 Å². The molecule has 146 valence electrons. The summed E-state index contributed by atoms with van der Waals surface area (Å²) >= 11 is 0. The van der Waals surface area contributed by atoms with Crippen LogP contribution in [0.3, 0.4) is 0 Å². The van der Waals surface area contributed by atoms with Gasteiger partial charge in [-0.25, -0.2) is 4.39 Å². The second-order valence-corrected chi connectivity index (χ2v) is 7.45. The molecule has 4 rings (SSSR count). The lowest BCUT2D eigenvalue weighted by atomic mass is 9.90. The lowest BCUT2D eigenvalue weighted by molar-refractivity contribution is -0.144. The summed E-state index contributed by atoms with van der Waals surface area (Å²) in [6, 6.07) is 7.81. The van der Waals surface area contributed by atoms with Crippen LogP contribution in [-0.2, 0) is 9.53 Å². The standard InChI is InChI=1S/C21H22FN3O3/c1-15-6-8-23-11-18(15)20(27)24-9-3-7-21(13-24)14-25(19(26)12-28-21)17-5-2-4-16(22)10-17/h2,4-6,8,10-11H,3,7,9,12-14H2,1H3. The van der Waals surface area contributed by atoms with Crippen molar-refractivity contribution in [1.29, 1.82) is 0 Å². The Labute approximate surface area is 162 Å². The van der Waals surface area contributed by atoms with Gasteiger partial charge in [-0.05, 0) is 49.6 Å². The van der Waals surface area contributed by atoms with E-state index in [-0.39, 0.29) is 18.4 Å². The molecule has 1 aromatic heterocycles. The molecule has 1 aromatic carbocycles. The number of hydrogen-bond donors (Lipinski definition) is 0. The van der Waals surface area contributed by atoms with E-state index in [4.69, 9.17) is 4.74 Å². The number of aromatic nitrogens is 1. The van der Waals surface area contributed by atoms with Gasteiger partial charge in [-0.1, -0.05) is 6.07 Å². The van der Waals surface area contributed by atoms with Gasteiger partial charge in [-0.3, -0.25) is 14.6 Å². The highest BCUT2D eigenvalue weighted by molar-refractivity contribution is 5.96. The molecule has 2 aliphatic rings. The lowest BCUT2D eigenvalue weighted by Gasteiger charge is -2.47. The quantitative estimate of drug-likeness (QED) is 0.800. The van der Waals surface area contributed by atoms with Crippen molar-refractivity contribution < 1.29 is 18.7 Å². The molecule has 0 aliphatic carbocycles. The van der Waals surface area contributed by atoms with Gasteiger partial charge < -0.3 is 14.5 Å². The van der Waals surface area contributed by atoms with Gasteiger partial charge in [0.15, 0.2) is 0 Å². The number of carbonyl (C=O) groups excluding carboxylic acids is 2. The minimum atomic E-state index is -0.649. The summed E-state index contributed by atoms with van der Waals surface area (Å²) in [5, 5.41) is 0. The average molecular weight is 383 g/mol. The number of morpholine rings is 1. The van der Waals surface area contributed by atoms with Crippen molar-refractivity contribution in [2.45, 2.75) is 25.4 Å². The third kappa shape index (κ3) is 3.49. The number of anilines is 1. The summed E-state index contributed by atoms with van der Waals surface area (Å²) in [4.78, 5) is 32.8. The molecule has 1 unspecified atom stereocenters. The highest BCUT2D eigenvalue weighted by Gasteiger charge is 2.44. The summed E-state index contributed by atoms with van der Waals surface area (Å²) < 4.78 is 19.6. The molecule has 3 heterocycles. The largest absolute Gasteiger partial charge is 0.361 e. The highest BCUT2D eigenvalue weighted by Crippen LogP contribution is 2.32. The fourth-order valence-corrected chi connectivity index (χ4v) is 3.97. The Kier molecular flexibility index (Phi) is 4.85. The van der Waals surface area contributed by atoms with Gasteiger partial charge >= 0.3 is 0 Å². The van der Waals surface area contributed by atoms with Gasteiger partial charge in [0.1, 0.15) is 18.0 Å². The fraction of sp³-hybridized carbons (Fsp3) is 0.381. The Morgan fingerprint density at radius 2 is 2.14 bits per heavy atom. The van der Waals surface area contributed by atoms with Crippen LogP contribution in [0.4, 0.5) is 10.1 Å². The summed E-state index contributed by atoms with van der Waals surface area (Å²) in [5.74, 6) is -0.677. The predicted octanol–water partition coefficient (Wildman–Crippen LogP) is 2.57. The van der Waals surface area contributed by atoms with Crippen LogP contribution in [0.1, 0.15) is 28.8 Å². The summed E-state index contributed by atoms with van der Waals surface area (Å²) in [7, 11) is 0. The topological polar surface area (TPSA) is 62.7 Å². The van der Waals surface area contributed by atoms with Crippen LogP contribution in [-0.4, -0.2) is 53.5 Å². The molecule has 0 bridgehead atoms. The number of rotatable bonds is 2. The third-order valence-electron chi connectivity index (χ3n) is 5.47. The first-order chi connectivity index (χ1) is 13.5. The van der Waals surface area contributed by atoms with E-state index in [2.05, 4.69) is 4.98 Å². The zero-order chi connectivity index (χ0) is 19.7. The normalized spacial score (nSPS) is 22.6. The van der Waals surface area contributed by atoms with Crippen LogP contribution in [0.2, 0.25) is 0 Å². The first kappa shape index (κ1) is 18.6.